The van der Waals surface area contributed by atoms with Crippen LogP contribution in [0.5, 0.6) is 0 Å². The lowest BCUT2D eigenvalue weighted by molar-refractivity contribution is -0.137. The minimum absolute atomic E-state index is 0.0386. The number of amides is 3. The Bertz CT molecular complexity index is 1320. The van der Waals surface area contributed by atoms with Gasteiger partial charge in [0.1, 0.15) is 16.9 Å². The first-order chi connectivity index (χ1) is 23.3. The predicted octanol–water partition coefficient (Wildman–Crippen LogP) is 3.47. The Labute approximate surface area is 292 Å². The molecular weight excluding hydrogens is 646 g/mol. The second-order valence-electron chi connectivity index (χ2n) is 14.9. The average molecular weight is 706 g/mol. The molecule has 1 unspecified atom stereocenters. The van der Waals surface area contributed by atoms with E-state index in [1.165, 1.54) is 25.2 Å². The fourth-order valence-electron chi connectivity index (χ4n) is 7.21. The third-order valence-corrected chi connectivity index (χ3v) is 13.3. The van der Waals surface area contributed by atoms with Gasteiger partial charge in [-0.1, -0.05) is 82.2 Å². The topological polar surface area (TPSA) is 162 Å². The number of rotatable bonds is 18. The summed E-state index contributed by atoms with van der Waals surface area (Å²) in [7, 11) is -4.05. The molecule has 1 aliphatic heterocycles. The molecule has 0 bridgehead atoms. The number of benzene rings is 1. The Kier molecular flexibility index (Phi) is 14.5. The fraction of sp³-hybridized carbons (Fsp3) is 0.757. The maximum Gasteiger partial charge on any atom is 0.243 e. The molecule has 0 aromatic heterocycles. The molecule has 4 N–H and O–H groups in total. The van der Waals surface area contributed by atoms with E-state index in [2.05, 4.69) is 10.6 Å². The van der Waals surface area contributed by atoms with Gasteiger partial charge in [-0.25, -0.2) is 8.42 Å². The molecule has 0 radical (unpaired) electrons. The van der Waals surface area contributed by atoms with E-state index in [4.69, 9.17) is 4.74 Å². The minimum atomic E-state index is -4.05. The lowest BCUT2D eigenvalue weighted by Gasteiger charge is -2.34. The van der Waals surface area contributed by atoms with E-state index in [9.17, 15) is 33.0 Å². The SMILES string of the molecule is CCCC[C@H](NC(=O)CC(CS(=O)(=O)C(C)(C)C(=O)N1CCOCC1)c1ccccc1)C(=O)N[C@@H](CC1CCCCC1)[C@@H](O)[C@@H](O)C1CC1. The molecule has 3 amide bonds. The van der Waals surface area contributed by atoms with Gasteiger partial charge in [-0.05, 0) is 56.9 Å². The van der Waals surface area contributed by atoms with Crippen LogP contribution in [-0.4, -0.2) is 102 Å². The Morgan fingerprint density at radius 2 is 1.63 bits per heavy atom. The number of carbonyl (C=O) groups excluding carboxylic acids is 3. The van der Waals surface area contributed by atoms with Crippen LogP contribution in [0.15, 0.2) is 30.3 Å². The van der Waals surface area contributed by atoms with Gasteiger partial charge in [-0.3, -0.25) is 14.4 Å². The van der Waals surface area contributed by atoms with Gasteiger partial charge in [0.15, 0.2) is 9.84 Å². The van der Waals surface area contributed by atoms with Crippen LogP contribution >= 0.6 is 0 Å². The van der Waals surface area contributed by atoms with Crippen molar-refractivity contribution in [3.63, 3.8) is 0 Å². The summed E-state index contributed by atoms with van der Waals surface area (Å²) in [6, 6.07) is 7.39. The van der Waals surface area contributed by atoms with Crippen molar-refractivity contribution in [2.75, 3.05) is 32.1 Å². The number of nitrogens with one attached hydrogen (secondary N) is 2. The number of morpholine rings is 1. The van der Waals surface area contributed by atoms with Gasteiger partial charge in [0, 0.05) is 25.4 Å². The molecule has 276 valence electrons. The number of ether oxygens (including phenoxy) is 1. The van der Waals surface area contributed by atoms with Crippen molar-refractivity contribution in [2.45, 2.75) is 133 Å². The number of nitrogens with zero attached hydrogens (tertiary/aromatic N) is 1. The van der Waals surface area contributed by atoms with Crippen LogP contribution in [0.2, 0.25) is 0 Å². The summed E-state index contributed by atoms with van der Waals surface area (Å²) in [5, 5.41) is 27.9. The highest BCUT2D eigenvalue weighted by atomic mass is 32.2. The van der Waals surface area contributed by atoms with Crippen LogP contribution in [0, 0.1) is 11.8 Å². The van der Waals surface area contributed by atoms with Gasteiger partial charge in [0.25, 0.3) is 0 Å². The smallest absolute Gasteiger partial charge is 0.243 e. The maximum atomic E-state index is 13.9. The van der Waals surface area contributed by atoms with Crippen molar-refractivity contribution >= 4 is 27.6 Å². The van der Waals surface area contributed by atoms with Crippen molar-refractivity contribution in [1.29, 1.82) is 0 Å². The molecule has 49 heavy (non-hydrogen) atoms. The molecule has 5 atom stereocenters. The number of hydrogen-bond acceptors (Lipinski definition) is 8. The van der Waals surface area contributed by atoms with E-state index in [1.54, 1.807) is 24.3 Å². The highest BCUT2D eigenvalue weighted by molar-refractivity contribution is 7.93. The largest absolute Gasteiger partial charge is 0.390 e. The zero-order valence-electron chi connectivity index (χ0n) is 29.6. The maximum absolute atomic E-state index is 13.9. The van der Waals surface area contributed by atoms with Crippen molar-refractivity contribution in [2.24, 2.45) is 11.8 Å². The predicted molar refractivity (Wildman–Crippen MR) is 188 cm³/mol. The van der Waals surface area contributed by atoms with Gasteiger partial charge in [-0.15, -0.1) is 0 Å². The number of aliphatic hydroxyl groups excluding tert-OH is 2. The standard InChI is InChI=1S/C37H59N3O8S/c1-4-5-16-30(35(44)39-31(23-26-12-8-6-9-13-26)34(43)33(42)28-17-18-28)38-32(41)24-29(27-14-10-7-11-15-27)25-49(46,47)37(2,3)36(45)40-19-21-48-22-20-40/h7,10-11,14-15,26,28-31,33-34,42-43H,4-6,8-9,12-13,16-25H2,1-3H3,(H,38,41)(H,39,44)/t29?,30-,31-,33-,34+/m0/s1. The summed E-state index contributed by atoms with van der Waals surface area (Å²) >= 11 is 0. The van der Waals surface area contributed by atoms with Crippen LogP contribution in [0.3, 0.4) is 0 Å². The summed E-state index contributed by atoms with van der Waals surface area (Å²) in [5.74, 6) is -2.17. The molecule has 1 aromatic carbocycles. The van der Waals surface area contributed by atoms with Crippen LogP contribution in [-0.2, 0) is 29.0 Å². The van der Waals surface area contributed by atoms with E-state index in [1.807, 2.05) is 13.0 Å². The molecule has 12 heteroatoms. The van der Waals surface area contributed by atoms with E-state index in [0.717, 1.165) is 44.9 Å². The first-order valence-corrected chi connectivity index (χ1v) is 20.1. The molecular formula is C37H59N3O8S. The second-order valence-corrected chi connectivity index (χ2v) is 17.5. The number of aliphatic hydroxyl groups is 2. The second kappa shape index (κ2) is 18.1. The van der Waals surface area contributed by atoms with Gasteiger partial charge >= 0.3 is 0 Å². The molecule has 0 spiro atoms. The normalized spacial score (nSPS) is 20.9. The summed E-state index contributed by atoms with van der Waals surface area (Å²) in [6.45, 7) is 6.18. The number of sulfone groups is 1. The highest BCUT2D eigenvalue weighted by Crippen LogP contribution is 2.36. The van der Waals surface area contributed by atoms with Gasteiger partial charge in [0.2, 0.25) is 17.7 Å². The molecule has 2 saturated carbocycles. The number of hydrogen-bond donors (Lipinski definition) is 4. The van der Waals surface area contributed by atoms with Crippen LogP contribution in [0.1, 0.15) is 109 Å². The molecule has 1 aromatic rings. The lowest BCUT2D eigenvalue weighted by atomic mass is 9.82. The molecule has 3 fully saturated rings. The first kappa shape index (κ1) is 39.2. The van der Waals surface area contributed by atoms with Gasteiger partial charge in [0.05, 0.1) is 31.1 Å². The third kappa shape index (κ3) is 11.0. The Balaban J connectivity index is 1.48. The highest BCUT2D eigenvalue weighted by Gasteiger charge is 2.46. The first-order valence-electron chi connectivity index (χ1n) is 18.4. The quantitative estimate of drug-likeness (QED) is 0.181. The molecule has 4 rings (SSSR count). The summed E-state index contributed by atoms with van der Waals surface area (Å²) in [5.41, 5.74) is 0.648. The van der Waals surface area contributed by atoms with Crippen molar-refractivity contribution < 1.29 is 37.8 Å². The van der Waals surface area contributed by atoms with Crippen molar-refractivity contribution in [1.82, 2.24) is 15.5 Å². The summed E-state index contributed by atoms with van der Waals surface area (Å²) in [6.07, 6.45) is 7.36. The van der Waals surface area contributed by atoms with Crippen molar-refractivity contribution in [3.8, 4) is 0 Å². The van der Waals surface area contributed by atoms with Gasteiger partial charge in [-0.2, -0.15) is 0 Å². The average Bonchev–Trinajstić information content (AvgIpc) is 3.95. The van der Waals surface area contributed by atoms with Crippen LogP contribution in [0.4, 0.5) is 0 Å². The zero-order valence-corrected chi connectivity index (χ0v) is 30.5. The molecule has 1 heterocycles. The Morgan fingerprint density at radius 1 is 0.980 bits per heavy atom. The number of unbranched alkanes of at least 4 members (excludes halogenated alkanes) is 1. The summed E-state index contributed by atoms with van der Waals surface area (Å²) < 4.78 is 31.4. The monoisotopic (exact) mass is 705 g/mol. The van der Waals surface area contributed by atoms with Gasteiger partial charge < -0.3 is 30.5 Å². The molecule has 3 aliphatic rings. The fourth-order valence-corrected chi connectivity index (χ4v) is 8.86. The minimum Gasteiger partial charge on any atom is -0.390 e. The molecule has 2 aliphatic carbocycles. The van der Waals surface area contributed by atoms with E-state index in [0.29, 0.717) is 57.0 Å². The third-order valence-electron chi connectivity index (χ3n) is 10.7. The Morgan fingerprint density at radius 3 is 2.24 bits per heavy atom. The van der Waals surface area contributed by atoms with Crippen molar-refractivity contribution in [3.05, 3.63) is 35.9 Å². The van der Waals surface area contributed by atoms with Crippen LogP contribution < -0.4 is 10.6 Å². The molecule has 1 saturated heterocycles. The Hall–Kier alpha value is -2.54. The summed E-state index contributed by atoms with van der Waals surface area (Å²) in [4.78, 5) is 42.4. The number of carbonyl (C=O) groups is 3. The van der Waals surface area contributed by atoms with E-state index in [-0.39, 0.29) is 12.3 Å². The lowest BCUT2D eigenvalue weighted by Crippen LogP contribution is -2.55. The van der Waals surface area contributed by atoms with Crippen LogP contribution in [0.25, 0.3) is 0 Å². The molecule has 11 nitrogen and oxygen atoms in total. The van der Waals surface area contributed by atoms with E-state index >= 15 is 0 Å². The van der Waals surface area contributed by atoms with E-state index < -0.39 is 68.3 Å². The zero-order chi connectivity index (χ0) is 35.6.